The van der Waals surface area contributed by atoms with Crippen molar-refractivity contribution >= 4 is 27.3 Å². The molecule has 1 aromatic heterocycles. The van der Waals surface area contributed by atoms with E-state index in [1.54, 1.807) is 11.3 Å². The molecule has 4 heteroatoms. The number of benzene rings is 1. The molecule has 0 atom stereocenters. The van der Waals surface area contributed by atoms with Crippen molar-refractivity contribution in [2.75, 3.05) is 6.54 Å². The number of aliphatic hydroxyl groups is 1. The summed E-state index contributed by atoms with van der Waals surface area (Å²) in [7, 11) is 0. The van der Waals surface area contributed by atoms with Gasteiger partial charge in [0.1, 0.15) is 0 Å². The highest BCUT2D eigenvalue weighted by Crippen LogP contribution is 2.31. The molecule has 2 N–H and O–H groups in total. The van der Waals surface area contributed by atoms with Crippen LogP contribution in [0.25, 0.3) is 10.1 Å². The number of amides is 1. The van der Waals surface area contributed by atoms with E-state index in [-0.39, 0.29) is 5.91 Å². The number of fused-ring (bicyclic) bond motifs is 1. The molecule has 1 amide bonds. The molecular formula is C14H15NO2S. The lowest BCUT2D eigenvalue weighted by Gasteiger charge is -2.36. The molecule has 0 saturated heterocycles. The third kappa shape index (κ3) is 2.02. The van der Waals surface area contributed by atoms with Crippen molar-refractivity contribution in [3.8, 4) is 0 Å². The molecule has 0 aliphatic heterocycles. The maximum absolute atomic E-state index is 12.1. The van der Waals surface area contributed by atoms with Crippen LogP contribution in [0.15, 0.2) is 29.6 Å². The normalized spacial score (nSPS) is 17.4. The average Bonchev–Trinajstić information content (AvgIpc) is 2.77. The van der Waals surface area contributed by atoms with Gasteiger partial charge in [0, 0.05) is 22.0 Å². The fraction of sp³-hybridized carbons (Fsp3) is 0.357. The molecule has 0 bridgehead atoms. The van der Waals surface area contributed by atoms with Gasteiger partial charge in [-0.25, -0.2) is 0 Å². The molecule has 1 heterocycles. The largest absolute Gasteiger partial charge is 0.388 e. The zero-order chi connectivity index (χ0) is 12.6. The molecule has 1 saturated carbocycles. The van der Waals surface area contributed by atoms with Crippen LogP contribution in [0.1, 0.15) is 29.6 Å². The minimum Gasteiger partial charge on any atom is -0.388 e. The number of hydrogen-bond acceptors (Lipinski definition) is 3. The first-order valence-electron chi connectivity index (χ1n) is 6.15. The topological polar surface area (TPSA) is 49.3 Å². The zero-order valence-electron chi connectivity index (χ0n) is 9.98. The van der Waals surface area contributed by atoms with Gasteiger partial charge in [0.25, 0.3) is 5.91 Å². The number of hydrogen-bond donors (Lipinski definition) is 2. The van der Waals surface area contributed by atoms with Crippen LogP contribution in [0.3, 0.4) is 0 Å². The van der Waals surface area contributed by atoms with E-state index in [0.717, 1.165) is 29.3 Å². The summed E-state index contributed by atoms with van der Waals surface area (Å²) in [6.45, 7) is 0.357. The molecule has 1 aliphatic carbocycles. The van der Waals surface area contributed by atoms with E-state index in [4.69, 9.17) is 0 Å². The Morgan fingerprint density at radius 1 is 1.39 bits per heavy atom. The van der Waals surface area contributed by atoms with Crippen LogP contribution in [-0.4, -0.2) is 23.2 Å². The predicted octanol–water partition coefficient (Wildman–Crippen LogP) is 2.55. The van der Waals surface area contributed by atoms with Crippen LogP contribution in [0, 0.1) is 0 Å². The van der Waals surface area contributed by atoms with Crippen molar-refractivity contribution in [2.45, 2.75) is 24.9 Å². The first-order valence-corrected chi connectivity index (χ1v) is 7.03. The Morgan fingerprint density at radius 3 is 2.89 bits per heavy atom. The third-order valence-corrected chi connectivity index (χ3v) is 4.55. The van der Waals surface area contributed by atoms with Crippen LogP contribution in [0.5, 0.6) is 0 Å². The third-order valence-electron chi connectivity index (χ3n) is 3.59. The Labute approximate surface area is 109 Å². The smallest absolute Gasteiger partial charge is 0.252 e. The highest BCUT2D eigenvalue weighted by atomic mass is 32.1. The van der Waals surface area contributed by atoms with Crippen molar-refractivity contribution in [1.82, 2.24) is 5.32 Å². The quantitative estimate of drug-likeness (QED) is 0.892. The van der Waals surface area contributed by atoms with Gasteiger partial charge in [0.15, 0.2) is 0 Å². The van der Waals surface area contributed by atoms with Gasteiger partial charge in [-0.2, -0.15) is 0 Å². The second kappa shape index (κ2) is 4.37. The number of carbonyl (C=O) groups excluding carboxylic acids is 1. The van der Waals surface area contributed by atoms with Crippen molar-refractivity contribution < 1.29 is 9.90 Å². The first kappa shape index (κ1) is 11.7. The van der Waals surface area contributed by atoms with E-state index in [9.17, 15) is 9.90 Å². The molecule has 1 aliphatic rings. The SMILES string of the molecule is O=C(NCC1(O)CCC1)c1csc2ccccc12. The number of carbonyl (C=O) groups is 1. The molecule has 0 spiro atoms. The monoisotopic (exact) mass is 261 g/mol. The fourth-order valence-electron chi connectivity index (χ4n) is 2.26. The lowest BCUT2D eigenvalue weighted by molar-refractivity contribution is -0.0300. The van der Waals surface area contributed by atoms with Gasteiger partial charge in [0.05, 0.1) is 11.2 Å². The molecule has 3 rings (SSSR count). The Hall–Kier alpha value is -1.39. The highest BCUT2D eigenvalue weighted by Gasteiger charge is 2.34. The summed E-state index contributed by atoms with van der Waals surface area (Å²) in [6.07, 6.45) is 2.63. The summed E-state index contributed by atoms with van der Waals surface area (Å²) in [5, 5.41) is 15.7. The van der Waals surface area contributed by atoms with Crippen LogP contribution < -0.4 is 5.32 Å². The summed E-state index contributed by atoms with van der Waals surface area (Å²) < 4.78 is 1.12. The van der Waals surface area contributed by atoms with Crippen molar-refractivity contribution in [3.63, 3.8) is 0 Å². The second-order valence-corrected chi connectivity index (χ2v) is 5.82. The summed E-state index contributed by atoms with van der Waals surface area (Å²) in [4.78, 5) is 12.1. The maximum atomic E-state index is 12.1. The van der Waals surface area contributed by atoms with E-state index >= 15 is 0 Å². The maximum Gasteiger partial charge on any atom is 0.252 e. The van der Waals surface area contributed by atoms with E-state index in [2.05, 4.69) is 5.32 Å². The Bertz CT molecular complexity index is 586. The first-order chi connectivity index (χ1) is 8.68. The molecule has 0 unspecified atom stereocenters. The van der Waals surface area contributed by atoms with Gasteiger partial charge >= 0.3 is 0 Å². The van der Waals surface area contributed by atoms with E-state index < -0.39 is 5.60 Å². The second-order valence-electron chi connectivity index (χ2n) is 4.91. The average molecular weight is 261 g/mol. The number of rotatable bonds is 3. The number of nitrogens with one attached hydrogen (secondary N) is 1. The summed E-state index contributed by atoms with van der Waals surface area (Å²) in [6, 6.07) is 7.87. The molecule has 94 valence electrons. The zero-order valence-corrected chi connectivity index (χ0v) is 10.8. The Kier molecular flexibility index (Phi) is 2.84. The number of thiophene rings is 1. The Balaban J connectivity index is 1.75. The van der Waals surface area contributed by atoms with E-state index in [1.165, 1.54) is 0 Å². The van der Waals surface area contributed by atoms with Crippen LogP contribution in [0.2, 0.25) is 0 Å². The van der Waals surface area contributed by atoms with Gasteiger partial charge in [-0.05, 0) is 25.3 Å². The molecule has 1 aromatic carbocycles. The van der Waals surface area contributed by atoms with Crippen LogP contribution in [0.4, 0.5) is 0 Å². The summed E-state index contributed by atoms with van der Waals surface area (Å²) in [5.41, 5.74) is 0.0418. The summed E-state index contributed by atoms with van der Waals surface area (Å²) in [5.74, 6) is -0.0900. The van der Waals surface area contributed by atoms with Gasteiger partial charge < -0.3 is 10.4 Å². The lowest BCUT2D eigenvalue weighted by Crippen LogP contribution is -2.47. The van der Waals surface area contributed by atoms with Crippen LogP contribution >= 0.6 is 11.3 Å². The van der Waals surface area contributed by atoms with Gasteiger partial charge in [-0.15, -0.1) is 11.3 Å². The molecule has 18 heavy (non-hydrogen) atoms. The van der Waals surface area contributed by atoms with E-state index in [1.807, 2.05) is 29.6 Å². The minimum atomic E-state index is -0.665. The Morgan fingerprint density at radius 2 is 2.17 bits per heavy atom. The van der Waals surface area contributed by atoms with E-state index in [0.29, 0.717) is 12.1 Å². The lowest BCUT2D eigenvalue weighted by atomic mass is 9.80. The molecule has 3 nitrogen and oxygen atoms in total. The molecule has 0 radical (unpaired) electrons. The van der Waals surface area contributed by atoms with Crippen molar-refractivity contribution in [1.29, 1.82) is 0 Å². The van der Waals surface area contributed by atoms with Gasteiger partial charge in [0.2, 0.25) is 0 Å². The van der Waals surface area contributed by atoms with Crippen LogP contribution in [-0.2, 0) is 0 Å². The molecule has 2 aromatic rings. The predicted molar refractivity (Wildman–Crippen MR) is 73.0 cm³/mol. The van der Waals surface area contributed by atoms with Gasteiger partial charge in [-0.1, -0.05) is 18.2 Å². The minimum absolute atomic E-state index is 0.0900. The standard InChI is InChI=1S/C14H15NO2S/c16-13(15-9-14(17)6-3-7-14)11-8-18-12-5-2-1-4-10(11)12/h1-2,4-5,8,17H,3,6-7,9H2,(H,15,16). The van der Waals surface area contributed by atoms with Crippen molar-refractivity contribution in [2.24, 2.45) is 0 Å². The highest BCUT2D eigenvalue weighted by molar-refractivity contribution is 7.17. The molecular weight excluding hydrogens is 246 g/mol. The van der Waals surface area contributed by atoms with Gasteiger partial charge in [-0.3, -0.25) is 4.79 Å². The summed E-state index contributed by atoms with van der Waals surface area (Å²) >= 11 is 1.57. The molecule has 1 fully saturated rings. The van der Waals surface area contributed by atoms with Crippen molar-refractivity contribution in [3.05, 3.63) is 35.2 Å². The fourth-order valence-corrected chi connectivity index (χ4v) is 3.20.